The molecule has 3 rings (SSSR count). The molecule has 0 bridgehead atoms. The molecule has 0 saturated carbocycles. The molecule has 0 aliphatic carbocycles. The number of benzene rings is 2. The zero-order valence-electron chi connectivity index (χ0n) is 28.5. The van der Waals surface area contributed by atoms with Crippen LogP contribution in [0.25, 0.3) is 22.4 Å². The number of nitrogens with zero attached hydrogens (tertiary/aromatic N) is 1. The van der Waals surface area contributed by atoms with Gasteiger partial charge >= 0.3 is 12.1 Å². The summed E-state index contributed by atoms with van der Waals surface area (Å²) >= 11 is 0. The molecule has 2 aromatic carbocycles. The van der Waals surface area contributed by atoms with Gasteiger partial charge in [0.25, 0.3) is 0 Å². The van der Waals surface area contributed by atoms with Crippen LogP contribution < -0.4 is 0 Å². The zero-order valence-corrected chi connectivity index (χ0v) is 28.5. The minimum Gasteiger partial charge on any atom is -0.462 e. The SMILES string of the molecule is CCCCCCCCCCCCc1ccc(-c2ccc(-c3ccc(C(=O)OCCCCCCCOC(C)C(F)(F)F)cc3)nc2)cc1. The Hall–Kier alpha value is -3.19. The molecular formula is C40H54F3NO3. The Morgan fingerprint density at radius 3 is 1.77 bits per heavy atom. The minimum atomic E-state index is -4.31. The maximum absolute atomic E-state index is 12.4. The third-order valence-corrected chi connectivity index (χ3v) is 8.64. The first kappa shape index (κ1) is 38.3. The summed E-state index contributed by atoms with van der Waals surface area (Å²) in [5.41, 5.74) is 5.86. The summed E-state index contributed by atoms with van der Waals surface area (Å²) in [5, 5.41) is 0. The number of carbonyl (C=O) groups is 1. The second-order valence-electron chi connectivity index (χ2n) is 12.6. The summed E-state index contributed by atoms with van der Waals surface area (Å²) in [5.74, 6) is -0.369. The highest BCUT2D eigenvalue weighted by atomic mass is 19.4. The van der Waals surface area contributed by atoms with E-state index in [1.165, 1.54) is 69.8 Å². The molecule has 0 saturated heterocycles. The first-order valence-electron chi connectivity index (χ1n) is 17.8. The van der Waals surface area contributed by atoms with Crippen molar-refractivity contribution in [3.63, 3.8) is 0 Å². The fourth-order valence-electron chi connectivity index (χ4n) is 5.53. The number of hydrogen-bond acceptors (Lipinski definition) is 4. The fourth-order valence-corrected chi connectivity index (χ4v) is 5.53. The predicted molar refractivity (Wildman–Crippen MR) is 185 cm³/mol. The van der Waals surface area contributed by atoms with E-state index >= 15 is 0 Å². The number of carbonyl (C=O) groups excluding carboxylic acids is 1. The van der Waals surface area contributed by atoms with E-state index in [2.05, 4.69) is 42.2 Å². The molecule has 47 heavy (non-hydrogen) atoms. The number of aromatic nitrogens is 1. The highest BCUT2D eigenvalue weighted by Gasteiger charge is 2.36. The molecule has 1 atom stereocenters. The molecule has 4 nitrogen and oxygen atoms in total. The first-order chi connectivity index (χ1) is 22.8. The van der Waals surface area contributed by atoms with E-state index in [0.717, 1.165) is 55.0 Å². The fraction of sp³-hybridized carbons (Fsp3) is 0.550. The van der Waals surface area contributed by atoms with Crippen LogP contribution in [0.4, 0.5) is 13.2 Å². The molecule has 0 N–H and O–H groups in total. The van der Waals surface area contributed by atoms with Crippen LogP contribution in [0.15, 0.2) is 66.9 Å². The Balaban J connectivity index is 1.31. The lowest BCUT2D eigenvalue weighted by Gasteiger charge is -2.16. The average molecular weight is 654 g/mol. The van der Waals surface area contributed by atoms with Gasteiger partial charge in [-0.15, -0.1) is 0 Å². The molecule has 1 aromatic heterocycles. The maximum Gasteiger partial charge on any atom is 0.414 e. The lowest BCUT2D eigenvalue weighted by molar-refractivity contribution is -0.214. The van der Waals surface area contributed by atoms with Gasteiger partial charge in [-0.3, -0.25) is 4.98 Å². The van der Waals surface area contributed by atoms with Crippen LogP contribution in [0.2, 0.25) is 0 Å². The summed E-state index contributed by atoms with van der Waals surface area (Å²) < 4.78 is 47.5. The number of alkyl halides is 3. The van der Waals surface area contributed by atoms with Gasteiger partial charge in [0.2, 0.25) is 0 Å². The standard InChI is InChI=1S/C40H54F3NO3/c1-3-4-5-6-7-8-9-10-12-15-18-33-19-21-34(22-20-33)37-27-28-38(44-31-37)35-23-25-36(26-24-35)39(45)47-30-17-14-11-13-16-29-46-32(2)40(41,42)43/h19-28,31-32H,3-18,29-30H2,1-2H3. The van der Waals surface area contributed by atoms with Crippen LogP contribution in [0, 0.1) is 0 Å². The van der Waals surface area contributed by atoms with Gasteiger partial charge in [-0.2, -0.15) is 13.2 Å². The number of aryl methyl sites for hydroxylation is 1. The molecule has 258 valence electrons. The van der Waals surface area contributed by atoms with E-state index < -0.39 is 12.3 Å². The second kappa shape index (κ2) is 21.6. The summed E-state index contributed by atoms with van der Waals surface area (Å²) in [6.07, 6.45) is 14.3. The smallest absolute Gasteiger partial charge is 0.414 e. The lowest BCUT2D eigenvalue weighted by atomic mass is 10.0. The first-order valence-corrected chi connectivity index (χ1v) is 17.8. The van der Waals surface area contributed by atoms with Gasteiger partial charge in [0, 0.05) is 23.9 Å². The van der Waals surface area contributed by atoms with Crippen molar-refractivity contribution in [2.45, 2.75) is 129 Å². The van der Waals surface area contributed by atoms with Crippen LogP contribution in [-0.2, 0) is 15.9 Å². The van der Waals surface area contributed by atoms with E-state index in [0.29, 0.717) is 25.0 Å². The Kier molecular flexibility index (Phi) is 17.6. The van der Waals surface area contributed by atoms with E-state index in [1.54, 1.807) is 12.1 Å². The van der Waals surface area contributed by atoms with Crippen LogP contribution in [-0.4, -0.2) is 36.4 Å². The number of halogens is 3. The third-order valence-electron chi connectivity index (χ3n) is 8.64. The molecule has 0 fully saturated rings. The van der Waals surface area contributed by atoms with Crippen LogP contribution >= 0.6 is 0 Å². The van der Waals surface area contributed by atoms with E-state index in [4.69, 9.17) is 9.47 Å². The van der Waals surface area contributed by atoms with Gasteiger partial charge in [0.05, 0.1) is 17.9 Å². The van der Waals surface area contributed by atoms with Gasteiger partial charge in [0.15, 0.2) is 6.10 Å². The number of rotatable bonds is 23. The zero-order chi connectivity index (χ0) is 33.7. The number of unbranched alkanes of at least 4 members (excludes halogenated alkanes) is 13. The van der Waals surface area contributed by atoms with Crippen molar-refractivity contribution in [2.75, 3.05) is 13.2 Å². The van der Waals surface area contributed by atoms with Gasteiger partial charge < -0.3 is 9.47 Å². The highest BCUT2D eigenvalue weighted by Crippen LogP contribution is 2.25. The largest absolute Gasteiger partial charge is 0.462 e. The van der Waals surface area contributed by atoms with E-state index in [9.17, 15) is 18.0 Å². The van der Waals surface area contributed by atoms with Crippen molar-refractivity contribution in [1.29, 1.82) is 0 Å². The van der Waals surface area contributed by atoms with Gasteiger partial charge in [-0.1, -0.05) is 126 Å². The van der Waals surface area contributed by atoms with Crippen molar-refractivity contribution in [3.05, 3.63) is 78.0 Å². The number of hydrogen-bond donors (Lipinski definition) is 0. The van der Waals surface area contributed by atoms with Gasteiger partial charge in [0.1, 0.15) is 0 Å². The van der Waals surface area contributed by atoms with Crippen molar-refractivity contribution >= 4 is 5.97 Å². The maximum atomic E-state index is 12.4. The molecule has 0 aliphatic rings. The molecule has 0 aliphatic heterocycles. The molecule has 3 aromatic rings. The van der Waals surface area contributed by atoms with Crippen molar-refractivity contribution < 1.29 is 27.4 Å². The van der Waals surface area contributed by atoms with Crippen LogP contribution in [0.3, 0.4) is 0 Å². The van der Waals surface area contributed by atoms with Crippen molar-refractivity contribution in [3.8, 4) is 22.4 Å². The second-order valence-corrected chi connectivity index (χ2v) is 12.6. The molecule has 0 spiro atoms. The van der Waals surface area contributed by atoms with Gasteiger partial charge in [-0.05, 0) is 61.9 Å². The quantitative estimate of drug-likeness (QED) is 0.0755. The Morgan fingerprint density at radius 1 is 0.660 bits per heavy atom. The Bertz CT molecular complexity index is 1260. The molecule has 1 heterocycles. The highest BCUT2D eigenvalue weighted by molar-refractivity contribution is 5.90. The Labute approximate surface area is 280 Å². The van der Waals surface area contributed by atoms with Crippen molar-refractivity contribution in [2.24, 2.45) is 0 Å². The van der Waals surface area contributed by atoms with Crippen molar-refractivity contribution in [1.82, 2.24) is 4.98 Å². The Morgan fingerprint density at radius 2 is 1.19 bits per heavy atom. The number of ether oxygens (including phenoxy) is 2. The average Bonchev–Trinajstić information content (AvgIpc) is 3.08. The van der Waals surface area contributed by atoms with Gasteiger partial charge in [-0.25, -0.2) is 4.79 Å². The monoisotopic (exact) mass is 653 g/mol. The summed E-state index contributed by atoms with van der Waals surface area (Å²) in [6, 6.07) is 20.2. The molecule has 1 unspecified atom stereocenters. The lowest BCUT2D eigenvalue weighted by Crippen LogP contribution is -2.28. The molecule has 0 radical (unpaired) electrons. The molecule has 7 heteroatoms. The topological polar surface area (TPSA) is 48.4 Å². The normalized spacial score (nSPS) is 12.3. The predicted octanol–water partition coefficient (Wildman–Crippen LogP) is 12.0. The van der Waals surface area contributed by atoms with Crippen LogP contribution in [0.1, 0.15) is 126 Å². The summed E-state index contributed by atoms with van der Waals surface area (Å²) in [7, 11) is 0. The summed E-state index contributed by atoms with van der Waals surface area (Å²) in [4.78, 5) is 17.1. The summed E-state index contributed by atoms with van der Waals surface area (Å²) in [6.45, 7) is 3.70. The van der Waals surface area contributed by atoms with E-state index in [1.807, 2.05) is 24.4 Å². The number of pyridine rings is 1. The number of esters is 1. The molecule has 0 amide bonds. The van der Waals surface area contributed by atoms with Crippen LogP contribution in [0.5, 0.6) is 0 Å². The molecular weight excluding hydrogens is 599 g/mol. The third kappa shape index (κ3) is 15.1. The van der Waals surface area contributed by atoms with E-state index in [-0.39, 0.29) is 12.6 Å². The minimum absolute atomic E-state index is 0.0959.